The number of ether oxygens (including phenoxy) is 1. The molecule has 2 atom stereocenters. The van der Waals surface area contributed by atoms with Crippen LogP contribution >= 0.6 is 0 Å². The lowest BCUT2D eigenvalue weighted by molar-refractivity contribution is 0.0129. The van der Waals surface area contributed by atoms with Crippen LogP contribution in [0.5, 0.6) is 0 Å². The maximum atomic E-state index is 12.8. The normalized spacial score (nSPS) is 21.8. The lowest BCUT2D eigenvalue weighted by Gasteiger charge is -2.45. The van der Waals surface area contributed by atoms with E-state index in [1.807, 2.05) is 32.6 Å². The molecule has 0 aliphatic carbocycles. The summed E-state index contributed by atoms with van der Waals surface area (Å²) in [6.45, 7) is 16.0. The second kappa shape index (κ2) is 8.42. The van der Waals surface area contributed by atoms with Gasteiger partial charge in [0.2, 0.25) is 0 Å². The summed E-state index contributed by atoms with van der Waals surface area (Å²) in [5, 5.41) is 9.33. The average molecular weight is 464 g/mol. The van der Waals surface area contributed by atoms with Crippen LogP contribution in [0.15, 0.2) is 24.7 Å². The molecular formula is C25H33N7O2. The number of amides is 1. The van der Waals surface area contributed by atoms with Crippen molar-refractivity contribution in [1.29, 1.82) is 5.26 Å². The van der Waals surface area contributed by atoms with E-state index in [9.17, 15) is 10.1 Å². The third kappa shape index (κ3) is 4.37. The van der Waals surface area contributed by atoms with E-state index in [1.165, 1.54) is 0 Å². The maximum Gasteiger partial charge on any atom is 0.410 e. The molecule has 180 valence electrons. The smallest absolute Gasteiger partial charge is 0.410 e. The van der Waals surface area contributed by atoms with E-state index in [0.717, 1.165) is 17.2 Å². The van der Waals surface area contributed by atoms with E-state index in [1.54, 1.807) is 24.7 Å². The Hall–Kier alpha value is -3.41. The molecule has 1 saturated heterocycles. The average Bonchev–Trinajstić information content (AvgIpc) is 3.05. The Morgan fingerprint density at radius 2 is 1.85 bits per heavy atom. The van der Waals surface area contributed by atoms with Crippen LogP contribution in [-0.4, -0.2) is 63.3 Å². The Labute approximate surface area is 201 Å². The third-order valence-electron chi connectivity index (χ3n) is 6.33. The molecule has 0 saturated carbocycles. The first-order valence-corrected chi connectivity index (χ1v) is 11.7. The molecule has 9 heteroatoms. The quantitative estimate of drug-likeness (QED) is 0.659. The van der Waals surface area contributed by atoms with E-state index in [4.69, 9.17) is 9.72 Å². The first kappa shape index (κ1) is 23.7. The van der Waals surface area contributed by atoms with E-state index < -0.39 is 5.60 Å². The summed E-state index contributed by atoms with van der Waals surface area (Å²) in [5.41, 5.74) is 0.853. The van der Waals surface area contributed by atoms with Gasteiger partial charge < -0.3 is 19.4 Å². The van der Waals surface area contributed by atoms with Gasteiger partial charge >= 0.3 is 6.09 Å². The SMILES string of the molecule is C[C@@H]1CN(C(=O)OC(C)(C)C)[C@@H](C)CN1c1ncnc2c1C(C)(C)CN2c1cc(C#N)ccn1. The number of aromatic nitrogens is 3. The molecule has 1 fully saturated rings. The van der Waals surface area contributed by atoms with Gasteiger partial charge in [0, 0.05) is 48.9 Å². The number of fused-ring (bicyclic) bond motifs is 1. The van der Waals surface area contributed by atoms with Crippen molar-refractivity contribution in [2.24, 2.45) is 0 Å². The fraction of sp³-hybridized carbons (Fsp3) is 0.560. The van der Waals surface area contributed by atoms with Crippen LogP contribution in [0.25, 0.3) is 0 Å². The Morgan fingerprint density at radius 3 is 2.53 bits per heavy atom. The van der Waals surface area contributed by atoms with Crippen molar-refractivity contribution in [3.8, 4) is 6.07 Å². The summed E-state index contributed by atoms with van der Waals surface area (Å²) in [7, 11) is 0. The minimum Gasteiger partial charge on any atom is -0.444 e. The van der Waals surface area contributed by atoms with Gasteiger partial charge in [0.15, 0.2) is 0 Å². The number of piperazine rings is 1. The predicted molar refractivity (Wildman–Crippen MR) is 130 cm³/mol. The zero-order chi connectivity index (χ0) is 24.8. The Bertz CT molecular complexity index is 1130. The lowest BCUT2D eigenvalue weighted by atomic mass is 9.87. The van der Waals surface area contributed by atoms with Gasteiger partial charge in [-0.05, 0) is 46.8 Å². The van der Waals surface area contributed by atoms with Gasteiger partial charge in [0.05, 0.1) is 11.6 Å². The molecule has 2 aliphatic rings. The molecular weight excluding hydrogens is 430 g/mol. The summed E-state index contributed by atoms with van der Waals surface area (Å²) in [6, 6.07) is 5.69. The molecule has 0 aromatic carbocycles. The largest absolute Gasteiger partial charge is 0.444 e. The van der Waals surface area contributed by atoms with Gasteiger partial charge in [-0.25, -0.2) is 19.7 Å². The number of hydrogen-bond acceptors (Lipinski definition) is 8. The summed E-state index contributed by atoms with van der Waals surface area (Å²) in [6.07, 6.45) is 2.96. The predicted octanol–water partition coefficient (Wildman–Crippen LogP) is 4.01. The van der Waals surface area contributed by atoms with Crippen molar-refractivity contribution in [3.63, 3.8) is 0 Å². The summed E-state index contributed by atoms with van der Waals surface area (Å²) in [5.74, 6) is 2.40. The number of nitriles is 1. The lowest BCUT2D eigenvalue weighted by Crippen LogP contribution is -2.59. The van der Waals surface area contributed by atoms with Crippen LogP contribution in [0.1, 0.15) is 59.6 Å². The van der Waals surface area contributed by atoms with Gasteiger partial charge in [0.1, 0.15) is 29.4 Å². The van der Waals surface area contributed by atoms with Crippen molar-refractivity contribution < 1.29 is 9.53 Å². The second-order valence-electron chi connectivity index (χ2n) is 10.9. The fourth-order valence-corrected chi connectivity index (χ4v) is 4.77. The van der Waals surface area contributed by atoms with Crippen LogP contribution in [0.4, 0.5) is 22.2 Å². The fourth-order valence-electron chi connectivity index (χ4n) is 4.77. The number of carbonyl (C=O) groups is 1. The zero-order valence-electron chi connectivity index (χ0n) is 21.0. The first-order valence-electron chi connectivity index (χ1n) is 11.7. The highest BCUT2D eigenvalue weighted by atomic mass is 16.6. The van der Waals surface area contributed by atoms with E-state index >= 15 is 0 Å². The summed E-state index contributed by atoms with van der Waals surface area (Å²) < 4.78 is 5.63. The third-order valence-corrected chi connectivity index (χ3v) is 6.33. The standard InChI is InChI=1S/C25H33N7O2/c1-16-13-31(23(33)34-24(3,4)5)17(2)12-30(16)21-20-22(29-15-28-21)32(14-25(20,6)7)19-10-18(11-26)8-9-27-19/h8-10,15-17H,12-14H2,1-7H3/t16-,17+/m1/s1. The molecule has 2 aromatic heterocycles. The molecule has 0 N–H and O–H groups in total. The molecule has 0 bridgehead atoms. The first-order chi connectivity index (χ1) is 15.9. The van der Waals surface area contributed by atoms with E-state index in [-0.39, 0.29) is 23.6 Å². The summed E-state index contributed by atoms with van der Waals surface area (Å²) in [4.78, 5) is 32.8. The Balaban J connectivity index is 1.67. The van der Waals surface area contributed by atoms with Crippen LogP contribution in [0.3, 0.4) is 0 Å². The van der Waals surface area contributed by atoms with Crippen LogP contribution in [0.2, 0.25) is 0 Å². The van der Waals surface area contributed by atoms with Crippen LogP contribution in [-0.2, 0) is 10.2 Å². The number of nitrogens with zero attached hydrogens (tertiary/aromatic N) is 7. The number of hydrogen-bond donors (Lipinski definition) is 0. The second-order valence-corrected chi connectivity index (χ2v) is 10.9. The molecule has 9 nitrogen and oxygen atoms in total. The molecule has 4 heterocycles. The molecule has 34 heavy (non-hydrogen) atoms. The summed E-state index contributed by atoms with van der Waals surface area (Å²) >= 11 is 0. The number of pyridine rings is 1. The van der Waals surface area contributed by atoms with E-state index in [0.29, 0.717) is 31.0 Å². The highest BCUT2D eigenvalue weighted by Gasteiger charge is 2.44. The highest BCUT2D eigenvalue weighted by molar-refractivity contribution is 5.74. The monoisotopic (exact) mass is 463 g/mol. The Morgan fingerprint density at radius 1 is 1.15 bits per heavy atom. The molecule has 0 radical (unpaired) electrons. The number of anilines is 3. The highest BCUT2D eigenvalue weighted by Crippen LogP contribution is 2.46. The van der Waals surface area contributed by atoms with Crippen molar-refractivity contribution in [1.82, 2.24) is 19.9 Å². The van der Waals surface area contributed by atoms with Crippen molar-refractivity contribution in [2.45, 2.75) is 71.6 Å². The van der Waals surface area contributed by atoms with Gasteiger partial charge in [-0.2, -0.15) is 5.26 Å². The minimum atomic E-state index is -0.533. The number of rotatable bonds is 2. The molecule has 2 aromatic rings. The van der Waals surface area contributed by atoms with Gasteiger partial charge in [-0.3, -0.25) is 0 Å². The molecule has 4 rings (SSSR count). The maximum absolute atomic E-state index is 12.8. The van der Waals surface area contributed by atoms with Crippen molar-refractivity contribution >= 4 is 23.5 Å². The van der Waals surface area contributed by atoms with Gasteiger partial charge in [-0.15, -0.1) is 0 Å². The molecule has 0 unspecified atom stereocenters. The van der Waals surface area contributed by atoms with E-state index in [2.05, 4.69) is 46.6 Å². The minimum absolute atomic E-state index is 0.0359. The van der Waals surface area contributed by atoms with Crippen molar-refractivity contribution in [3.05, 3.63) is 35.8 Å². The van der Waals surface area contributed by atoms with Gasteiger partial charge in [0.25, 0.3) is 0 Å². The van der Waals surface area contributed by atoms with Crippen LogP contribution < -0.4 is 9.80 Å². The van der Waals surface area contributed by atoms with Crippen LogP contribution in [0, 0.1) is 11.3 Å². The van der Waals surface area contributed by atoms with Gasteiger partial charge in [-0.1, -0.05) is 13.8 Å². The van der Waals surface area contributed by atoms with Crippen molar-refractivity contribution in [2.75, 3.05) is 29.4 Å². The molecule has 0 spiro atoms. The molecule has 1 amide bonds. The zero-order valence-corrected chi connectivity index (χ0v) is 21.0. The molecule has 2 aliphatic heterocycles. The topological polar surface area (TPSA) is 98.5 Å². The Kier molecular flexibility index (Phi) is 5.88. The number of carbonyl (C=O) groups excluding carboxylic acids is 1.